The van der Waals surface area contributed by atoms with E-state index in [1.165, 1.54) is 5.56 Å². The van der Waals surface area contributed by atoms with Crippen LogP contribution in [0.2, 0.25) is 0 Å². The molecule has 98 valence electrons. The molecule has 3 nitrogen and oxygen atoms in total. The summed E-state index contributed by atoms with van der Waals surface area (Å²) in [5, 5.41) is 8.85. The Bertz CT molecular complexity index is 375. The number of epoxide rings is 1. The van der Waals surface area contributed by atoms with Gasteiger partial charge >= 0.3 is 0 Å². The van der Waals surface area contributed by atoms with Crippen LogP contribution in [0.5, 0.6) is 0 Å². The van der Waals surface area contributed by atoms with Crippen LogP contribution < -0.4 is 0 Å². The van der Waals surface area contributed by atoms with E-state index in [1.807, 2.05) is 18.2 Å². The Kier molecular flexibility index (Phi) is 4.93. The van der Waals surface area contributed by atoms with Crippen molar-refractivity contribution in [3.8, 4) is 0 Å². The molecule has 1 saturated heterocycles. The zero-order valence-corrected chi connectivity index (χ0v) is 10.5. The normalized spacial score (nSPS) is 21.8. The summed E-state index contributed by atoms with van der Waals surface area (Å²) < 4.78 is 10.9. The second kappa shape index (κ2) is 6.69. The molecule has 2 rings (SSSR count). The van der Waals surface area contributed by atoms with Gasteiger partial charge in [0, 0.05) is 0 Å². The minimum Gasteiger partial charge on any atom is -0.394 e. The van der Waals surface area contributed by atoms with Gasteiger partial charge in [-0.25, -0.2) is 0 Å². The third kappa shape index (κ3) is 4.26. The molecule has 0 bridgehead atoms. The summed E-state index contributed by atoms with van der Waals surface area (Å²) in [5.74, 6) is 0. The summed E-state index contributed by atoms with van der Waals surface area (Å²) in [6, 6.07) is 10.1. The van der Waals surface area contributed by atoms with Gasteiger partial charge in [-0.15, -0.1) is 0 Å². The molecular weight excluding hydrogens is 228 g/mol. The van der Waals surface area contributed by atoms with Crippen molar-refractivity contribution in [2.45, 2.75) is 31.7 Å². The fraction of sp³-hybridized carbons (Fsp3) is 0.467. The number of hydrogen-bond acceptors (Lipinski definition) is 3. The van der Waals surface area contributed by atoms with Gasteiger partial charge in [0.1, 0.15) is 6.10 Å². The molecule has 0 amide bonds. The van der Waals surface area contributed by atoms with E-state index >= 15 is 0 Å². The molecule has 0 aromatic heterocycles. The van der Waals surface area contributed by atoms with Crippen LogP contribution in [0, 0.1) is 0 Å². The minimum absolute atomic E-state index is 0.0342. The molecule has 18 heavy (non-hydrogen) atoms. The van der Waals surface area contributed by atoms with Crippen LogP contribution >= 0.6 is 0 Å². The lowest BCUT2D eigenvalue weighted by Crippen LogP contribution is -2.02. The summed E-state index contributed by atoms with van der Waals surface area (Å²) in [6.07, 6.45) is 1.90. The van der Waals surface area contributed by atoms with Gasteiger partial charge in [-0.2, -0.15) is 0 Å². The van der Waals surface area contributed by atoms with E-state index in [0.29, 0.717) is 13.2 Å². The van der Waals surface area contributed by atoms with Crippen molar-refractivity contribution in [1.82, 2.24) is 0 Å². The van der Waals surface area contributed by atoms with Gasteiger partial charge in [-0.1, -0.05) is 42.5 Å². The Morgan fingerprint density at radius 2 is 2.06 bits per heavy atom. The molecule has 0 radical (unpaired) electrons. The van der Waals surface area contributed by atoms with Crippen LogP contribution in [0.4, 0.5) is 0 Å². The molecule has 0 spiro atoms. The molecule has 1 fully saturated rings. The van der Waals surface area contributed by atoms with E-state index in [-0.39, 0.29) is 18.8 Å². The maximum Gasteiger partial charge on any atom is 0.107 e. The average molecular weight is 248 g/mol. The molecule has 1 aromatic rings. The summed E-state index contributed by atoms with van der Waals surface area (Å²) in [5.41, 5.74) is 2.32. The summed E-state index contributed by atoms with van der Waals surface area (Å²) >= 11 is 0. The van der Waals surface area contributed by atoms with Crippen LogP contribution in [0.25, 0.3) is 0 Å². The molecule has 1 heterocycles. The predicted octanol–water partition coefficient (Wildman–Crippen LogP) is 2.30. The highest BCUT2D eigenvalue weighted by Gasteiger charge is 2.37. The van der Waals surface area contributed by atoms with E-state index in [0.717, 1.165) is 18.4 Å². The molecule has 1 aliphatic rings. The van der Waals surface area contributed by atoms with Gasteiger partial charge < -0.3 is 14.6 Å². The van der Waals surface area contributed by atoms with E-state index < -0.39 is 0 Å². The monoisotopic (exact) mass is 248 g/mol. The molecule has 0 saturated carbocycles. The first-order valence-electron chi connectivity index (χ1n) is 6.34. The topological polar surface area (TPSA) is 42.0 Å². The predicted molar refractivity (Wildman–Crippen MR) is 70.2 cm³/mol. The Labute approximate surface area is 108 Å². The number of benzene rings is 1. The highest BCUT2D eigenvalue weighted by molar-refractivity contribution is 5.13. The molecule has 1 N–H and O–H groups in total. The number of aliphatic hydroxyl groups excluding tert-OH is 1. The van der Waals surface area contributed by atoms with Crippen molar-refractivity contribution in [3.63, 3.8) is 0 Å². The zero-order chi connectivity index (χ0) is 12.8. The molecule has 0 aliphatic carbocycles. The molecule has 1 aliphatic heterocycles. The quantitative estimate of drug-likeness (QED) is 0.436. The van der Waals surface area contributed by atoms with E-state index in [4.69, 9.17) is 14.6 Å². The first-order chi connectivity index (χ1) is 8.79. The minimum atomic E-state index is 0.0342. The fourth-order valence-electron chi connectivity index (χ4n) is 1.89. The van der Waals surface area contributed by atoms with Crippen LogP contribution in [-0.2, 0) is 16.1 Å². The van der Waals surface area contributed by atoms with Crippen molar-refractivity contribution in [3.05, 3.63) is 48.0 Å². The average Bonchev–Trinajstić information content (AvgIpc) is 3.14. The lowest BCUT2D eigenvalue weighted by Gasteiger charge is -2.06. The SMILES string of the molecule is C=C(CCOCc1ccccc1)C[C@H]1O[C@@H]1CO. The first-order valence-corrected chi connectivity index (χ1v) is 6.34. The van der Waals surface area contributed by atoms with E-state index in [9.17, 15) is 0 Å². The number of hydrogen-bond donors (Lipinski definition) is 1. The Hall–Kier alpha value is -1.16. The second-order valence-electron chi connectivity index (χ2n) is 4.64. The second-order valence-corrected chi connectivity index (χ2v) is 4.64. The molecular formula is C15H20O3. The fourth-order valence-corrected chi connectivity index (χ4v) is 1.89. The molecule has 1 aromatic carbocycles. The maximum absolute atomic E-state index is 8.85. The van der Waals surface area contributed by atoms with Gasteiger partial charge in [0.2, 0.25) is 0 Å². The summed E-state index contributed by atoms with van der Waals surface area (Å²) in [7, 11) is 0. The van der Waals surface area contributed by atoms with Gasteiger partial charge in [0.05, 0.1) is 25.9 Å². The highest BCUT2D eigenvalue weighted by atomic mass is 16.6. The molecule has 0 unspecified atom stereocenters. The number of rotatable bonds is 8. The van der Waals surface area contributed by atoms with Gasteiger partial charge in [-0.05, 0) is 18.4 Å². The van der Waals surface area contributed by atoms with Crippen molar-refractivity contribution < 1.29 is 14.6 Å². The molecule has 3 heteroatoms. The van der Waals surface area contributed by atoms with E-state index in [1.54, 1.807) is 0 Å². The lowest BCUT2D eigenvalue weighted by molar-refractivity contribution is 0.123. The Morgan fingerprint density at radius 1 is 1.28 bits per heavy atom. The highest BCUT2D eigenvalue weighted by Crippen LogP contribution is 2.28. The van der Waals surface area contributed by atoms with Gasteiger partial charge in [0.15, 0.2) is 0 Å². The summed E-state index contributed by atoms with van der Waals surface area (Å²) in [6.45, 7) is 5.45. The van der Waals surface area contributed by atoms with E-state index in [2.05, 4.69) is 18.7 Å². The van der Waals surface area contributed by atoms with Crippen LogP contribution in [0.15, 0.2) is 42.5 Å². The lowest BCUT2D eigenvalue weighted by atomic mass is 10.1. The number of aliphatic hydroxyl groups is 1. The Balaban J connectivity index is 1.54. The van der Waals surface area contributed by atoms with Crippen LogP contribution in [-0.4, -0.2) is 30.5 Å². The van der Waals surface area contributed by atoms with Crippen molar-refractivity contribution in [2.24, 2.45) is 0 Å². The summed E-state index contributed by atoms with van der Waals surface area (Å²) in [4.78, 5) is 0. The van der Waals surface area contributed by atoms with Crippen molar-refractivity contribution in [2.75, 3.05) is 13.2 Å². The third-order valence-corrected chi connectivity index (χ3v) is 3.07. The smallest absolute Gasteiger partial charge is 0.107 e. The largest absolute Gasteiger partial charge is 0.394 e. The first kappa shape index (κ1) is 13.3. The maximum atomic E-state index is 8.85. The van der Waals surface area contributed by atoms with Gasteiger partial charge in [0.25, 0.3) is 0 Å². The van der Waals surface area contributed by atoms with Crippen molar-refractivity contribution >= 4 is 0 Å². The van der Waals surface area contributed by atoms with Crippen molar-refractivity contribution in [1.29, 1.82) is 0 Å². The zero-order valence-electron chi connectivity index (χ0n) is 10.5. The van der Waals surface area contributed by atoms with Crippen LogP contribution in [0.3, 0.4) is 0 Å². The standard InChI is InChI=1S/C15H20O3/c1-12(9-14-15(10-16)18-14)7-8-17-11-13-5-3-2-4-6-13/h2-6,14-16H,1,7-11H2/t14-,15-/m1/s1. The van der Waals surface area contributed by atoms with Gasteiger partial charge in [-0.3, -0.25) is 0 Å². The third-order valence-electron chi connectivity index (χ3n) is 3.07. The number of ether oxygens (including phenoxy) is 2. The van der Waals surface area contributed by atoms with Crippen LogP contribution in [0.1, 0.15) is 18.4 Å². The Morgan fingerprint density at radius 3 is 2.72 bits per heavy atom. The molecule has 2 atom stereocenters.